The lowest BCUT2D eigenvalue weighted by atomic mass is 10.1. The van der Waals surface area contributed by atoms with Crippen LogP contribution in [0, 0.1) is 0 Å². The summed E-state index contributed by atoms with van der Waals surface area (Å²) in [5.41, 5.74) is 2.86. The third-order valence-corrected chi connectivity index (χ3v) is 3.39. The second-order valence-corrected chi connectivity index (χ2v) is 5.26. The van der Waals surface area contributed by atoms with E-state index in [1.807, 2.05) is 0 Å². The molecule has 0 saturated heterocycles. The van der Waals surface area contributed by atoms with Crippen molar-refractivity contribution in [3.63, 3.8) is 0 Å². The summed E-state index contributed by atoms with van der Waals surface area (Å²) < 4.78 is 5.34. The molecule has 2 N–H and O–H groups in total. The van der Waals surface area contributed by atoms with Crippen LogP contribution < -0.4 is 10.9 Å². The maximum atomic E-state index is 12.2. The second-order valence-electron chi connectivity index (χ2n) is 5.26. The van der Waals surface area contributed by atoms with Crippen molar-refractivity contribution in [1.29, 1.82) is 0 Å². The number of amides is 1. The van der Waals surface area contributed by atoms with E-state index in [0.29, 0.717) is 30.2 Å². The molecule has 1 aromatic carbocycles. The van der Waals surface area contributed by atoms with Crippen LogP contribution in [0.15, 0.2) is 44.8 Å². The van der Waals surface area contributed by atoms with Crippen molar-refractivity contribution in [2.45, 2.75) is 32.1 Å². The Kier molecular flexibility index (Phi) is 6.24. The monoisotopic (exact) mass is 330 g/mol. The molecule has 1 aromatic heterocycles. The third-order valence-electron chi connectivity index (χ3n) is 3.39. The van der Waals surface area contributed by atoms with Crippen LogP contribution in [0.4, 0.5) is 0 Å². The van der Waals surface area contributed by atoms with Crippen molar-refractivity contribution in [2.75, 3.05) is 0 Å². The van der Waals surface area contributed by atoms with Crippen LogP contribution >= 0.6 is 0 Å². The molecule has 0 radical (unpaired) electrons. The molecule has 0 fully saturated rings. The molecule has 0 aliphatic carbocycles. The number of carbonyl (C=O) groups excluding carboxylic acids is 1. The number of carboxylic acids is 1. The van der Waals surface area contributed by atoms with Crippen molar-refractivity contribution in [3.8, 4) is 0 Å². The van der Waals surface area contributed by atoms with Gasteiger partial charge in [-0.15, -0.1) is 0 Å². The highest BCUT2D eigenvalue weighted by atomic mass is 16.4. The zero-order chi connectivity index (χ0) is 17.4. The van der Waals surface area contributed by atoms with Crippen molar-refractivity contribution in [3.05, 3.63) is 46.3 Å². The molecule has 1 amide bonds. The summed E-state index contributed by atoms with van der Waals surface area (Å²) in [5, 5.41) is 12.7. The first-order valence-electron chi connectivity index (χ1n) is 7.62. The number of rotatable bonds is 8. The molecular weight excluding hydrogens is 312 g/mol. The zero-order valence-electron chi connectivity index (χ0n) is 13.0. The molecule has 0 unspecified atom stereocenters. The van der Waals surface area contributed by atoms with Gasteiger partial charge >= 0.3 is 5.97 Å². The quantitative estimate of drug-likeness (QED) is 0.438. The van der Waals surface area contributed by atoms with Crippen LogP contribution in [-0.4, -0.2) is 23.2 Å². The Morgan fingerprint density at radius 2 is 1.92 bits per heavy atom. The fourth-order valence-electron chi connectivity index (χ4n) is 2.15. The molecule has 0 aliphatic rings. The first-order chi connectivity index (χ1) is 11.6. The molecule has 1 heterocycles. The predicted molar refractivity (Wildman–Crippen MR) is 88.9 cm³/mol. The molecular formula is C17H18N2O5. The van der Waals surface area contributed by atoms with Gasteiger partial charge in [0.05, 0.1) is 17.2 Å². The normalized spacial score (nSPS) is 11.0. The van der Waals surface area contributed by atoms with Crippen LogP contribution in [0.1, 0.15) is 37.7 Å². The largest absolute Gasteiger partial charge is 0.481 e. The maximum absolute atomic E-state index is 12.2. The molecule has 2 aromatic rings. The predicted octanol–water partition coefficient (Wildman–Crippen LogP) is 2.28. The van der Waals surface area contributed by atoms with Gasteiger partial charge in [-0.3, -0.25) is 14.4 Å². The Hall–Kier alpha value is -2.96. The summed E-state index contributed by atoms with van der Waals surface area (Å²) in [6, 6.07) is 6.88. The van der Waals surface area contributed by atoms with Crippen molar-refractivity contribution >= 4 is 29.1 Å². The van der Waals surface area contributed by atoms with Gasteiger partial charge in [-0.1, -0.05) is 18.6 Å². The highest BCUT2D eigenvalue weighted by molar-refractivity contribution is 5.87. The molecule has 2 rings (SSSR count). The van der Waals surface area contributed by atoms with E-state index in [1.54, 1.807) is 24.3 Å². The van der Waals surface area contributed by atoms with Crippen molar-refractivity contribution in [2.24, 2.45) is 5.10 Å². The van der Waals surface area contributed by atoms with Gasteiger partial charge in [-0.05, 0) is 25.0 Å². The van der Waals surface area contributed by atoms with E-state index in [9.17, 15) is 14.4 Å². The summed E-state index contributed by atoms with van der Waals surface area (Å²) in [6.07, 6.45) is 4.71. The Bertz CT molecular complexity index is 810. The van der Waals surface area contributed by atoms with E-state index >= 15 is 0 Å². The molecule has 126 valence electrons. The average Bonchev–Trinajstić information content (AvgIpc) is 2.56. The van der Waals surface area contributed by atoms with Crippen LogP contribution in [0.25, 0.3) is 11.0 Å². The topological polar surface area (TPSA) is 109 Å². The first kappa shape index (κ1) is 17.4. The highest BCUT2D eigenvalue weighted by Crippen LogP contribution is 2.09. The van der Waals surface area contributed by atoms with Gasteiger partial charge in [-0.25, -0.2) is 5.43 Å². The first-order valence-corrected chi connectivity index (χ1v) is 7.62. The summed E-state index contributed by atoms with van der Waals surface area (Å²) >= 11 is 0. The van der Waals surface area contributed by atoms with Gasteiger partial charge in [0.2, 0.25) is 11.3 Å². The summed E-state index contributed by atoms with van der Waals surface area (Å²) in [4.78, 5) is 34.1. The molecule has 0 saturated carbocycles. The SMILES string of the molecule is O=C(O)CCCCCC(=O)N/N=C/c1coc2ccccc2c1=O. The van der Waals surface area contributed by atoms with Crippen molar-refractivity contribution < 1.29 is 19.1 Å². The smallest absolute Gasteiger partial charge is 0.303 e. The Labute approximate surface area is 138 Å². The van der Waals surface area contributed by atoms with E-state index in [-0.39, 0.29) is 29.7 Å². The van der Waals surface area contributed by atoms with Gasteiger partial charge in [0, 0.05) is 12.8 Å². The Balaban J connectivity index is 1.83. The van der Waals surface area contributed by atoms with Crippen LogP contribution in [0.2, 0.25) is 0 Å². The average molecular weight is 330 g/mol. The van der Waals surface area contributed by atoms with Gasteiger partial charge in [-0.2, -0.15) is 5.10 Å². The number of hydrogen-bond acceptors (Lipinski definition) is 5. The summed E-state index contributed by atoms with van der Waals surface area (Å²) in [7, 11) is 0. The molecule has 0 bridgehead atoms. The minimum atomic E-state index is -0.835. The maximum Gasteiger partial charge on any atom is 0.303 e. The zero-order valence-corrected chi connectivity index (χ0v) is 13.0. The van der Waals surface area contributed by atoms with Crippen LogP contribution in [0.3, 0.4) is 0 Å². The lowest BCUT2D eigenvalue weighted by molar-refractivity contribution is -0.137. The molecule has 7 nitrogen and oxygen atoms in total. The van der Waals surface area contributed by atoms with E-state index in [2.05, 4.69) is 10.5 Å². The van der Waals surface area contributed by atoms with Gasteiger partial charge in [0.1, 0.15) is 11.8 Å². The number of aliphatic carboxylic acids is 1. The number of hydrogen-bond donors (Lipinski definition) is 2. The number of carbonyl (C=O) groups is 2. The fourth-order valence-corrected chi connectivity index (χ4v) is 2.15. The second kappa shape index (κ2) is 8.61. The van der Waals surface area contributed by atoms with E-state index in [4.69, 9.17) is 9.52 Å². The fraction of sp³-hybridized carbons (Fsp3) is 0.294. The molecule has 0 spiro atoms. The minimum Gasteiger partial charge on any atom is -0.481 e. The number of carboxylic acid groups (broad SMARTS) is 1. The number of unbranched alkanes of at least 4 members (excludes halogenated alkanes) is 2. The summed E-state index contributed by atoms with van der Waals surface area (Å²) in [5.74, 6) is -1.12. The molecule has 7 heteroatoms. The minimum absolute atomic E-state index is 0.109. The highest BCUT2D eigenvalue weighted by Gasteiger charge is 2.05. The van der Waals surface area contributed by atoms with Gasteiger partial charge in [0.15, 0.2) is 0 Å². The van der Waals surface area contributed by atoms with Gasteiger partial charge < -0.3 is 9.52 Å². The van der Waals surface area contributed by atoms with E-state index < -0.39 is 5.97 Å². The number of para-hydroxylation sites is 1. The van der Waals surface area contributed by atoms with E-state index in [1.165, 1.54) is 12.5 Å². The molecule has 24 heavy (non-hydrogen) atoms. The number of nitrogens with zero attached hydrogens (tertiary/aromatic N) is 1. The van der Waals surface area contributed by atoms with Gasteiger partial charge in [0.25, 0.3) is 0 Å². The molecule has 0 aliphatic heterocycles. The van der Waals surface area contributed by atoms with Crippen molar-refractivity contribution in [1.82, 2.24) is 5.43 Å². The van der Waals surface area contributed by atoms with E-state index in [0.717, 1.165) is 0 Å². The van der Waals surface area contributed by atoms with Crippen LogP contribution in [0.5, 0.6) is 0 Å². The standard InChI is InChI=1S/C17H18N2O5/c20-15(8-2-1-3-9-16(21)22)19-18-10-12-11-24-14-7-5-4-6-13(14)17(12)23/h4-7,10-11H,1-3,8-9H2,(H,19,20)(H,21,22)/b18-10+. The Morgan fingerprint density at radius 1 is 1.17 bits per heavy atom. The number of hydrazone groups is 1. The number of benzene rings is 1. The number of nitrogens with one attached hydrogen (secondary N) is 1. The lowest BCUT2D eigenvalue weighted by Gasteiger charge is -2.00. The molecule has 0 atom stereocenters. The third kappa shape index (κ3) is 5.05. The number of fused-ring (bicyclic) bond motifs is 1. The Morgan fingerprint density at radius 3 is 2.71 bits per heavy atom. The van der Waals surface area contributed by atoms with Crippen LogP contribution in [-0.2, 0) is 9.59 Å². The lowest BCUT2D eigenvalue weighted by Crippen LogP contribution is -2.18. The summed E-state index contributed by atoms with van der Waals surface area (Å²) in [6.45, 7) is 0.